The quantitative estimate of drug-likeness (QED) is 0.664. The Balaban J connectivity index is 1.57. The van der Waals surface area contributed by atoms with Crippen molar-refractivity contribution in [2.24, 2.45) is 0 Å². The topological polar surface area (TPSA) is 25.4 Å². The first-order valence-corrected chi connectivity index (χ1v) is 9.63. The van der Waals surface area contributed by atoms with E-state index in [2.05, 4.69) is 4.98 Å². The van der Waals surface area contributed by atoms with Gasteiger partial charge in [0.2, 0.25) is 0 Å². The minimum atomic E-state index is -4.13. The van der Waals surface area contributed by atoms with Gasteiger partial charge in [0.1, 0.15) is 12.4 Å². The maximum atomic E-state index is 12.5. The maximum absolute atomic E-state index is 12.5. The van der Waals surface area contributed by atoms with Crippen LogP contribution in [0.3, 0.4) is 0 Å². The zero-order chi connectivity index (χ0) is 18.7. The van der Waals surface area contributed by atoms with E-state index in [1.807, 2.05) is 19.1 Å². The van der Waals surface area contributed by atoms with Crippen molar-refractivity contribution in [3.63, 3.8) is 0 Å². The van der Waals surface area contributed by atoms with Crippen molar-refractivity contribution in [2.75, 3.05) is 19.6 Å². The van der Waals surface area contributed by atoms with E-state index in [-0.39, 0.29) is 5.92 Å². The molecule has 3 rings (SSSR count). The molecule has 0 radical (unpaired) electrons. The Bertz CT molecular complexity index is 742. The third-order valence-corrected chi connectivity index (χ3v) is 5.94. The van der Waals surface area contributed by atoms with E-state index in [9.17, 15) is 13.2 Å². The molecule has 8 heteroatoms. The molecule has 26 heavy (non-hydrogen) atoms. The van der Waals surface area contributed by atoms with Gasteiger partial charge in [-0.3, -0.25) is 4.90 Å². The van der Waals surface area contributed by atoms with Crippen molar-refractivity contribution in [1.82, 2.24) is 9.88 Å². The smallest absolute Gasteiger partial charge is 0.401 e. The first-order chi connectivity index (χ1) is 12.3. The fourth-order valence-corrected chi connectivity index (χ4v) is 4.39. The Morgan fingerprint density at radius 3 is 2.69 bits per heavy atom. The van der Waals surface area contributed by atoms with Gasteiger partial charge in [0.25, 0.3) is 0 Å². The number of ether oxygens (including phenoxy) is 1. The zero-order valence-electron chi connectivity index (χ0n) is 14.4. The maximum Gasteiger partial charge on any atom is 0.401 e. The lowest BCUT2D eigenvalue weighted by Crippen LogP contribution is -2.39. The number of piperidine rings is 1. The number of likely N-dealkylation sites (tertiary alicyclic amines) is 1. The van der Waals surface area contributed by atoms with Gasteiger partial charge in [0.15, 0.2) is 0 Å². The van der Waals surface area contributed by atoms with Gasteiger partial charge < -0.3 is 4.74 Å². The fourth-order valence-electron chi connectivity index (χ4n) is 3.06. The third kappa shape index (κ3) is 5.34. The van der Waals surface area contributed by atoms with Crippen LogP contribution in [0.5, 0.6) is 5.75 Å². The van der Waals surface area contributed by atoms with Crippen LogP contribution in [0.15, 0.2) is 24.3 Å². The summed E-state index contributed by atoms with van der Waals surface area (Å²) < 4.78 is 43.3. The fraction of sp³-hybridized carbons (Fsp3) is 0.500. The van der Waals surface area contributed by atoms with E-state index in [0.29, 0.717) is 43.3 Å². The Kier molecular flexibility index (Phi) is 6.10. The zero-order valence-corrected chi connectivity index (χ0v) is 15.9. The number of benzene rings is 1. The van der Waals surface area contributed by atoms with Crippen LogP contribution in [-0.2, 0) is 6.61 Å². The Hall–Kier alpha value is -1.31. The second kappa shape index (κ2) is 8.15. The number of rotatable bonds is 5. The van der Waals surface area contributed by atoms with E-state index < -0.39 is 12.7 Å². The predicted octanol–water partition coefficient (Wildman–Crippen LogP) is 5.43. The van der Waals surface area contributed by atoms with Crippen molar-refractivity contribution in [2.45, 2.75) is 38.5 Å². The molecule has 1 fully saturated rings. The lowest BCUT2D eigenvalue weighted by atomic mass is 9.97. The minimum absolute atomic E-state index is 0.225. The summed E-state index contributed by atoms with van der Waals surface area (Å²) >= 11 is 7.55. The molecule has 0 spiro atoms. The second-order valence-corrected chi connectivity index (χ2v) is 8.02. The summed E-state index contributed by atoms with van der Waals surface area (Å²) in [5, 5.41) is 1.62. The molecule has 0 atom stereocenters. The van der Waals surface area contributed by atoms with Crippen molar-refractivity contribution in [1.29, 1.82) is 0 Å². The van der Waals surface area contributed by atoms with Gasteiger partial charge >= 0.3 is 6.18 Å². The number of alkyl halides is 3. The standard InChI is InChI=1S/C18H20ClF3N2OS/c1-12-16(10-25-15-4-2-3-14(19)9-15)26-17(23-12)13-5-7-24(8-6-13)11-18(20,21)22/h2-4,9,13H,5-8,10-11H2,1H3. The molecule has 3 nitrogen and oxygen atoms in total. The Labute approximate surface area is 159 Å². The molecule has 142 valence electrons. The molecule has 0 bridgehead atoms. The molecule has 0 amide bonds. The van der Waals surface area contributed by atoms with Crippen LogP contribution in [-0.4, -0.2) is 35.7 Å². The number of nitrogens with zero attached hydrogens (tertiary/aromatic N) is 2. The summed E-state index contributed by atoms with van der Waals surface area (Å²) in [6.07, 6.45) is -2.72. The summed E-state index contributed by atoms with van der Waals surface area (Å²) in [4.78, 5) is 7.15. The van der Waals surface area contributed by atoms with Crippen molar-refractivity contribution in [3.05, 3.63) is 44.9 Å². The summed E-state index contributed by atoms with van der Waals surface area (Å²) in [5.74, 6) is 0.926. The van der Waals surface area contributed by atoms with Gasteiger partial charge in [-0.1, -0.05) is 17.7 Å². The number of hydrogen-bond donors (Lipinski definition) is 0. The third-order valence-electron chi connectivity index (χ3n) is 4.41. The molecule has 1 aliphatic heterocycles. The van der Waals surface area contributed by atoms with Crippen LogP contribution in [0.25, 0.3) is 0 Å². The average molecular weight is 405 g/mol. The molecule has 0 aliphatic carbocycles. The van der Waals surface area contributed by atoms with E-state index in [1.165, 1.54) is 4.90 Å². The van der Waals surface area contributed by atoms with Gasteiger partial charge in [-0.25, -0.2) is 4.98 Å². The molecule has 2 heterocycles. The Morgan fingerprint density at radius 1 is 1.31 bits per heavy atom. The molecule has 1 aromatic heterocycles. The van der Waals surface area contributed by atoms with Gasteiger partial charge in [-0.15, -0.1) is 11.3 Å². The van der Waals surface area contributed by atoms with Crippen molar-refractivity contribution >= 4 is 22.9 Å². The number of hydrogen-bond acceptors (Lipinski definition) is 4. The molecular weight excluding hydrogens is 385 g/mol. The van der Waals surface area contributed by atoms with E-state index in [1.54, 1.807) is 23.5 Å². The number of aromatic nitrogens is 1. The number of thiazole rings is 1. The number of aryl methyl sites for hydroxylation is 1. The highest BCUT2D eigenvalue weighted by atomic mass is 35.5. The lowest BCUT2D eigenvalue weighted by Gasteiger charge is -2.31. The molecule has 0 N–H and O–H groups in total. The monoisotopic (exact) mass is 404 g/mol. The summed E-state index contributed by atoms with van der Waals surface area (Å²) in [5.41, 5.74) is 0.921. The van der Waals surface area contributed by atoms with E-state index >= 15 is 0 Å². The van der Waals surface area contributed by atoms with Crippen LogP contribution >= 0.6 is 22.9 Å². The second-order valence-electron chi connectivity index (χ2n) is 6.47. The summed E-state index contributed by atoms with van der Waals surface area (Å²) in [7, 11) is 0. The van der Waals surface area contributed by atoms with E-state index in [0.717, 1.165) is 15.6 Å². The molecule has 1 aromatic carbocycles. The van der Waals surface area contributed by atoms with Crippen LogP contribution in [0, 0.1) is 6.92 Å². The van der Waals surface area contributed by atoms with E-state index in [4.69, 9.17) is 16.3 Å². The molecule has 1 saturated heterocycles. The van der Waals surface area contributed by atoms with Gasteiger partial charge in [0, 0.05) is 10.9 Å². The van der Waals surface area contributed by atoms with Gasteiger partial charge in [0.05, 0.1) is 22.1 Å². The first kappa shape index (κ1) is 19.5. The van der Waals surface area contributed by atoms with Crippen LogP contribution in [0.2, 0.25) is 5.02 Å². The summed E-state index contributed by atoms with van der Waals surface area (Å²) in [6, 6.07) is 7.22. The van der Waals surface area contributed by atoms with Crippen molar-refractivity contribution < 1.29 is 17.9 Å². The average Bonchev–Trinajstić information content (AvgIpc) is 2.93. The SMILES string of the molecule is Cc1nc(C2CCN(CC(F)(F)F)CC2)sc1COc1cccc(Cl)c1. The van der Waals surface area contributed by atoms with Gasteiger partial charge in [-0.2, -0.15) is 13.2 Å². The highest BCUT2D eigenvalue weighted by molar-refractivity contribution is 7.11. The molecule has 0 saturated carbocycles. The minimum Gasteiger partial charge on any atom is -0.488 e. The molecular formula is C18H20ClF3N2OS. The first-order valence-electron chi connectivity index (χ1n) is 8.44. The van der Waals surface area contributed by atoms with Crippen LogP contribution in [0.4, 0.5) is 13.2 Å². The molecule has 0 unspecified atom stereocenters. The largest absolute Gasteiger partial charge is 0.488 e. The summed E-state index contributed by atoms with van der Waals surface area (Å²) in [6.45, 7) is 2.44. The van der Waals surface area contributed by atoms with Crippen molar-refractivity contribution in [3.8, 4) is 5.75 Å². The van der Waals surface area contributed by atoms with Crippen LogP contribution in [0.1, 0.15) is 34.3 Å². The molecule has 2 aromatic rings. The van der Waals surface area contributed by atoms with Gasteiger partial charge in [-0.05, 0) is 51.1 Å². The normalized spacial score (nSPS) is 16.8. The molecule has 1 aliphatic rings. The number of halogens is 4. The Morgan fingerprint density at radius 2 is 2.04 bits per heavy atom. The van der Waals surface area contributed by atoms with Crippen LogP contribution < -0.4 is 4.74 Å². The highest BCUT2D eigenvalue weighted by Gasteiger charge is 2.33. The predicted molar refractivity (Wildman–Crippen MR) is 97.1 cm³/mol. The lowest BCUT2D eigenvalue weighted by molar-refractivity contribution is -0.147. The highest BCUT2D eigenvalue weighted by Crippen LogP contribution is 2.34.